The van der Waals surface area contributed by atoms with Crippen LogP contribution >= 0.6 is 0 Å². The molecule has 0 bridgehead atoms. The van der Waals surface area contributed by atoms with Crippen molar-refractivity contribution in [2.45, 2.75) is 57.4 Å². The quantitative estimate of drug-likeness (QED) is 0.826. The van der Waals surface area contributed by atoms with E-state index in [4.69, 9.17) is 9.47 Å². The molecule has 0 amide bonds. The van der Waals surface area contributed by atoms with Gasteiger partial charge < -0.3 is 9.47 Å². The van der Waals surface area contributed by atoms with Gasteiger partial charge in [-0.2, -0.15) is 0 Å². The van der Waals surface area contributed by atoms with Gasteiger partial charge >= 0.3 is 0 Å². The smallest absolute Gasteiger partial charge is 0.240 e. The summed E-state index contributed by atoms with van der Waals surface area (Å²) in [6, 6.07) is 4.69. The first kappa shape index (κ1) is 18.1. The van der Waals surface area contributed by atoms with Crippen LogP contribution in [0.5, 0.6) is 11.5 Å². The van der Waals surface area contributed by atoms with Gasteiger partial charge in [0.05, 0.1) is 18.1 Å². The first-order chi connectivity index (χ1) is 10.9. The van der Waals surface area contributed by atoms with Gasteiger partial charge in [-0.15, -0.1) is 0 Å². The molecular formula is C17H27NO4S. The summed E-state index contributed by atoms with van der Waals surface area (Å²) in [6.07, 6.45) is 3.75. The van der Waals surface area contributed by atoms with Crippen molar-refractivity contribution in [2.75, 3.05) is 13.2 Å². The van der Waals surface area contributed by atoms with Crippen LogP contribution in [0.2, 0.25) is 0 Å². The molecule has 0 spiro atoms. The zero-order valence-corrected chi connectivity index (χ0v) is 15.0. The summed E-state index contributed by atoms with van der Waals surface area (Å²) in [5, 5.41) is 0. The molecule has 1 aliphatic heterocycles. The fraction of sp³-hybridized carbons (Fsp3) is 0.647. The third-order valence-corrected chi connectivity index (χ3v) is 5.39. The Morgan fingerprint density at radius 3 is 2.48 bits per heavy atom. The van der Waals surface area contributed by atoms with Gasteiger partial charge in [0.15, 0.2) is 11.5 Å². The van der Waals surface area contributed by atoms with Crippen LogP contribution in [0, 0.1) is 5.92 Å². The molecule has 1 atom stereocenters. The molecule has 5 nitrogen and oxygen atoms in total. The summed E-state index contributed by atoms with van der Waals surface area (Å²) in [6.45, 7) is 7.37. The van der Waals surface area contributed by atoms with Crippen LogP contribution in [0.25, 0.3) is 0 Å². The van der Waals surface area contributed by atoms with Gasteiger partial charge in [0.1, 0.15) is 0 Å². The molecule has 1 aromatic carbocycles. The van der Waals surface area contributed by atoms with Crippen molar-refractivity contribution >= 4 is 10.0 Å². The summed E-state index contributed by atoms with van der Waals surface area (Å²) in [5.41, 5.74) is 0. The van der Waals surface area contributed by atoms with Crippen molar-refractivity contribution in [2.24, 2.45) is 5.92 Å². The Hall–Kier alpha value is -1.27. The summed E-state index contributed by atoms with van der Waals surface area (Å²) in [4.78, 5) is 0.220. The number of fused-ring (bicyclic) bond motifs is 1. The highest BCUT2D eigenvalue weighted by atomic mass is 32.2. The molecule has 23 heavy (non-hydrogen) atoms. The van der Waals surface area contributed by atoms with E-state index in [2.05, 4.69) is 18.6 Å². The molecule has 0 radical (unpaired) electrons. The van der Waals surface area contributed by atoms with Gasteiger partial charge in [-0.3, -0.25) is 0 Å². The second-order valence-electron chi connectivity index (χ2n) is 6.51. The van der Waals surface area contributed by atoms with E-state index in [1.54, 1.807) is 18.2 Å². The average Bonchev–Trinajstić information content (AvgIpc) is 2.70. The molecule has 130 valence electrons. The van der Waals surface area contributed by atoms with E-state index in [0.29, 0.717) is 30.6 Å². The van der Waals surface area contributed by atoms with E-state index < -0.39 is 10.0 Å². The van der Waals surface area contributed by atoms with Crippen molar-refractivity contribution in [3.63, 3.8) is 0 Å². The molecular weight excluding hydrogens is 314 g/mol. The van der Waals surface area contributed by atoms with E-state index in [1.165, 1.54) is 0 Å². The Morgan fingerprint density at radius 1 is 1.09 bits per heavy atom. The molecule has 1 aliphatic rings. The molecule has 1 aromatic rings. The highest BCUT2D eigenvalue weighted by Crippen LogP contribution is 2.31. The third kappa shape index (κ3) is 5.39. The molecule has 0 unspecified atom stereocenters. The Balaban J connectivity index is 2.03. The van der Waals surface area contributed by atoms with Crippen LogP contribution in [0.15, 0.2) is 23.1 Å². The maximum Gasteiger partial charge on any atom is 0.240 e. The molecule has 0 saturated carbocycles. The zero-order chi connectivity index (χ0) is 16.9. The number of hydrogen-bond donors (Lipinski definition) is 1. The van der Waals surface area contributed by atoms with E-state index in [1.807, 2.05) is 6.92 Å². The van der Waals surface area contributed by atoms with Crippen LogP contribution in [-0.4, -0.2) is 27.7 Å². The highest BCUT2D eigenvalue weighted by Gasteiger charge is 2.20. The first-order valence-corrected chi connectivity index (χ1v) is 9.79. The van der Waals surface area contributed by atoms with Crippen LogP contribution < -0.4 is 14.2 Å². The predicted molar refractivity (Wildman–Crippen MR) is 90.5 cm³/mol. The summed E-state index contributed by atoms with van der Waals surface area (Å²) in [5.74, 6) is 1.74. The standard InChI is InChI=1S/C17H27NO4S/c1-13(2)6-4-7-14(3)18-23(19,20)15-8-9-16-17(12-15)22-11-5-10-21-16/h8-9,12-14,18H,4-7,10-11H2,1-3H3/t14-/m0/s1. The lowest BCUT2D eigenvalue weighted by Gasteiger charge is -2.16. The number of ether oxygens (including phenoxy) is 2. The first-order valence-electron chi connectivity index (χ1n) is 8.30. The van der Waals surface area contributed by atoms with Crippen LogP contribution in [0.3, 0.4) is 0 Å². The fourth-order valence-corrected chi connectivity index (χ4v) is 3.83. The molecule has 0 aromatic heterocycles. The largest absolute Gasteiger partial charge is 0.490 e. The lowest BCUT2D eigenvalue weighted by Crippen LogP contribution is -2.32. The fourth-order valence-electron chi connectivity index (χ4n) is 2.53. The Bertz CT molecular complexity index is 613. The molecule has 6 heteroatoms. The maximum absolute atomic E-state index is 12.5. The summed E-state index contributed by atoms with van der Waals surface area (Å²) >= 11 is 0. The molecule has 1 heterocycles. The second kappa shape index (κ2) is 8.02. The number of benzene rings is 1. The number of nitrogens with one attached hydrogen (secondary N) is 1. The van der Waals surface area contributed by atoms with Gasteiger partial charge in [-0.05, 0) is 31.4 Å². The van der Waals surface area contributed by atoms with Gasteiger partial charge in [0.25, 0.3) is 0 Å². The summed E-state index contributed by atoms with van der Waals surface area (Å²) < 4.78 is 38.8. The molecule has 0 aliphatic carbocycles. The minimum atomic E-state index is -3.54. The van der Waals surface area contributed by atoms with E-state index in [9.17, 15) is 8.42 Å². The van der Waals surface area contributed by atoms with Crippen molar-refractivity contribution < 1.29 is 17.9 Å². The molecule has 0 saturated heterocycles. The lowest BCUT2D eigenvalue weighted by atomic mass is 10.0. The Kier molecular flexibility index (Phi) is 6.30. The minimum absolute atomic E-state index is 0.0882. The second-order valence-corrected chi connectivity index (χ2v) is 8.22. The Labute approximate surface area is 139 Å². The molecule has 0 fully saturated rings. The SMILES string of the molecule is CC(C)CCC[C@H](C)NS(=O)(=O)c1ccc2c(c1)OCCCO2. The zero-order valence-electron chi connectivity index (χ0n) is 14.2. The van der Waals surface area contributed by atoms with Gasteiger partial charge in [0.2, 0.25) is 10.0 Å². The van der Waals surface area contributed by atoms with Gasteiger partial charge in [-0.25, -0.2) is 13.1 Å². The van der Waals surface area contributed by atoms with E-state index >= 15 is 0 Å². The predicted octanol–water partition coefficient (Wildman–Crippen LogP) is 3.34. The van der Waals surface area contributed by atoms with Crippen molar-refractivity contribution in [1.82, 2.24) is 4.72 Å². The topological polar surface area (TPSA) is 64.6 Å². The Morgan fingerprint density at radius 2 is 1.78 bits per heavy atom. The molecule has 2 rings (SSSR count). The monoisotopic (exact) mass is 341 g/mol. The minimum Gasteiger partial charge on any atom is -0.490 e. The van der Waals surface area contributed by atoms with Crippen molar-refractivity contribution in [3.05, 3.63) is 18.2 Å². The third-order valence-electron chi connectivity index (χ3n) is 3.80. The normalized spacial score (nSPS) is 16.2. The van der Waals surface area contributed by atoms with Crippen molar-refractivity contribution in [1.29, 1.82) is 0 Å². The maximum atomic E-state index is 12.5. The number of hydrogen-bond acceptors (Lipinski definition) is 4. The summed E-state index contributed by atoms with van der Waals surface area (Å²) in [7, 11) is -3.54. The van der Waals surface area contributed by atoms with Crippen LogP contribution in [-0.2, 0) is 10.0 Å². The van der Waals surface area contributed by atoms with Gasteiger partial charge in [-0.1, -0.05) is 26.7 Å². The lowest BCUT2D eigenvalue weighted by molar-refractivity contribution is 0.297. The highest BCUT2D eigenvalue weighted by molar-refractivity contribution is 7.89. The number of rotatable bonds is 7. The van der Waals surface area contributed by atoms with Crippen LogP contribution in [0.1, 0.15) is 46.5 Å². The van der Waals surface area contributed by atoms with Crippen LogP contribution in [0.4, 0.5) is 0 Å². The van der Waals surface area contributed by atoms with E-state index in [-0.39, 0.29) is 10.9 Å². The molecule has 1 N–H and O–H groups in total. The number of sulfonamides is 1. The van der Waals surface area contributed by atoms with E-state index in [0.717, 1.165) is 25.7 Å². The van der Waals surface area contributed by atoms with Crippen molar-refractivity contribution in [3.8, 4) is 11.5 Å². The average molecular weight is 341 g/mol. The van der Waals surface area contributed by atoms with Gasteiger partial charge in [0, 0.05) is 18.5 Å².